The van der Waals surface area contributed by atoms with E-state index in [9.17, 15) is 9.59 Å². The molecule has 6 heteroatoms. The average Bonchev–Trinajstić information content (AvgIpc) is 2.43. The summed E-state index contributed by atoms with van der Waals surface area (Å²) in [6, 6.07) is -0.0768. The lowest BCUT2D eigenvalue weighted by atomic mass is 10.0. The Balaban J connectivity index is 2.02. The molecule has 0 saturated carbocycles. The molecule has 0 radical (unpaired) electrons. The smallest absolute Gasteiger partial charge is 0.314 e. The van der Waals surface area contributed by atoms with Crippen molar-refractivity contribution < 1.29 is 9.59 Å². The zero-order valence-electron chi connectivity index (χ0n) is 9.67. The fourth-order valence-electron chi connectivity index (χ4n) is 2.07. The Labute approximate surface area is 94.7 Å². The van der Waals surface area contributed by atoms with Crippen molar-refractivity contribution in [2.75, 3.05) is 26.2 Å². The number of carbonyl (C=O) groups is 2. The van der Waals surface area contributed by atoms with E-state index in [0.29, 0.717) is 6.54 Å². The molecule has 0 aromatic carbocycles. The van der Waals surface area contributed by atoms with Crippen LogP contribution in [-0.2, 0) is 4.79 Å². The Morgan fingerprint density at radius 2 is 2.12 bits per heavy atom. The average molecular weight is 226 g/mol. The highest BCUT2D eigenvalue weighted by Gasteiger charge is 2.46. The number of hydrogen-bond acceptors (Lipinski definition) is 4. The topological polar surface area (TPSA) is 73.5 Å². The van der Waals surface area contributed by atoms with Gasteiger partial charge in [-0.25, -0.2) is 4.79 Å². The van der Waals surface area contributed by atoms with E-state index in [1.165, 1.54) is 0 Å². The molecule has 2 aliphatic heterocycles. The van der Waals surface area contributed by atoms with Gasteiger partial charge in [-0.2, -0.15) is 0 Å². The largest absolute Gasteiger partial charge is 0.325 e. The first-order valence-electron chi connectivity index (χ1n) is 5.59. The van der Waals surface area contributed by atoms with Crippen molar-refractivity contribution in [2.24, 2.45) is 0 Å². The van der Waals surface area contributed by atoms with Crippen molar-refractivity contribution in [3.63, 3.8) is 0 Å². The molecule has 0 aliphatic carbocycles. The Morgan fingerprint density at radius 3 is 2.62 bits per heavy atom. The molecule has 6 nitrogen and oxygen atoms in total. The lowest BCUT2D eigenvalue weighted by Crippen LogP contribution is -2.56. The highest BCUT2D eigenvalue weighted by molar-refractivity contribution is 6.06. The fraction of sp³-hybridized carbons (Fsp3) is 0.800. The van der Waals surface area contributed by atoms with Gasteiger partial charge in [0.05, 0.1) is 0 Å². The Kier molecular flexibility index (Phi) is 2.86. The minimum Gasteiger partial charge on any atom is -0.314 e. The minimum atomic E-state index is -0.740. The maximum absolute atomic E-state index is 11.6. The summed E-state index contributed by atoms with van der Waals surface area (Å²) >= 11 is 0. The molecular formula is C10H18N4O2. The Morgan fingerprint density at radius 1 is 1.38 bits per heavy atom. The molecule has 90 valence electrons. The molecule has 0 aromatic heterocycles. The molecule has 2 rings (SSSR count). The predicted octanol–water partition coefficient (Wildman–Crippen LogP) is -1.12. The molecule has 16 heavy (non-hydrogen) atoms. The van der Waals surface area contributed by atoms with Gasteiger partial charge in [0.15, 0.2) is 0 Å². The minimum absolute atomic E-state index is 0.213. The van der Waals surface area contributed by atoms with Gasteiger partial charge in [0.25, 0.3) is 5.91 Å². The molecule has 0 spiro atoms. The number of imide groups is 1. The number of hydrogen-bond donors (Lipinski definition) is 3. The highest BCUT2D eigenvalue weighted by Crippen LogP contribution is 2.20. The molecule has 1 unspecified atom stereocenters. The van der Waals surface area contributed by atoms with Gasteiger partial charge in [0, 0.05) is 32.2 Å². The standard InChI is InChI=1S/C10H18N4O2/c1-10(2)8(15)13-9(16)14(10)6-7-5-11-3-4-12-7/h7,11-12H,3-6H2,1-2H3,(H,13,15,16). The van der Waals surface area contributed by atoms with E-state index in [-0.39, 0.29) is 18.0 Å². The summed E-state index contributed by atoms with van der Waals surface area (Å²) in [6.07, 6.45) is 0. The fourth-order valence-corrected chi connectivity index (χ4v) is 2.07. The zero-order chi connectivity index (χ0) is 11.8. The van der Waals surface area contributed by atoms with E-state index in [1.54, 1.807) is 18.7 Å². The second-order valence-corrected chi connectivity index (χ2v) is 4.78. The predicted molar refractivity (Wildman–Crippen MR) is 59.0 cm³/mol. The molecular weight excluding hydrogens is 208 g/mol. The molecule has 2 fully saturated rings. The molecule has 2 aliphatic rings. The normalized spacial score (nSPS) is 29.4. The molecule has 1 atom stereocenters. The molecule has 0 aromatic rings. The summed E-state index contributed by atoms with van der Waals surface area (Å²) in [5.41, 5.74) is -0.740. The Bertz CT molecular complexity index is 310. The lowest BCUT2D eigenvalue weighted by Gasteiger charge is -2.33. The number of nitrogens with zero attached hydrogens (tertiary/aromatic N) is 1. The second kappa shape index (κ2) is 4.03. The van der Waals surface area contributed by atoms with Crippen LogP contribution in [0, 0.1) is 0 Å². The quantitative estimate of drug-likeness (QED) is 0.521. The number of nitrogens with one attached hydrogen (secondary N) is 3. The van der Waals surface area contributed by atoms with E-state index in [4.69, 9.17) is 0 Å². The van der Waals surface area contributed by atoms with E-state index in [2.05, 4.69) is 16.0 Å². The molecule has 3 amide bonds. The van der Waals surface area contributed by atoms with Crippen LogP contribution < -0.4 is 16.0 Å². The van der Waals surface area contributed by atoms with Crippen LogP contribution in [0.4, 0.5) is 4.79 Å². The van der Waals surface area contributed by atoms with Crippen LogP contribution in [0.2, 0.25) is 0 Å². The van der Waals surface area contributed by atoms with Gasteiger partial charge in [-0.1, -0.05) is 0 Å². The van der Waals surface area contributed by atoms with Gasteiger partial charge >= 0.3 is 6.03 Å². The van der Waals surface area contributed by atoms with Crippen LogP contribution in [-0.4, -0.2) is 54.6 Å². The highest BCUT2D eigenvalue weighted by atomic mass is 16.2. The molecule has 0 bridgehead atoms. The van der Waals surface area contributed by atoms with Crippen molar-refractivity contribution in [1.29, 1.82) is 0 Å². The van der Waals surface area contributed by atoms with Crippen LogP contribution in [0.15, 0.2) is 0 Å². The number of rotatable bonds is 2. The van der Waals surface area contributed by atoms with Gasteiger partial charge < -0.3 is 15.5 Å². The lowest BCUT2D eigenvalue weighted by molar-refractivity contribution is -0.125. The third-order valence-electron chi connectivity index (χ3n) is 3.22. The summed E-state index contributed by atoms with van der Waals surface area (Å²) < 4.78 is 0. The zero-order valence-corrected chi connectivity index (χ0v) is 9.67. The third kappa shape index (κ3) is 1.90. The maximum Gasteiger partial charge on any atom is 0.325 e. The van der Waals surface area contributed by atoms with Gasteiger partial charge in [-0.3, -0.25) is 10.1 Å². The first-order valence-corrected chi connectivity index (χ1v) is 5.59. The SMILES string of the molecule is CC1(C)C(=O)NC(=O)N1CC1CNCCN1. The number of piperazine rings is 1. The van der Waals surface area contributed by atoms with Gasteiger partial charge in [-0.05, 0) is 13.8 Å². The second-order valence-electron chi connectivity index (χ2n) is 4.78. The third-order valence-corrected chi connectivity index (χ3v) is 3.22. The maximum atomic E-state index is 11.6. The number of amides is 3. The Hall–Kier alpha value is -1.14. The van der Waals surface area contributed by atoms with Crippen LogP contribution in [0.25, 0.3) is 0 Å². The summed E-state index contributed by atoms with van der Waals surface area (Å²) in [6.45, 7) is 6.76. The molecule has 2 heterocycles. The van der Waals surface area contributed by atoms with Gasteiger partial charge in [0.2, 0.25) is 0 Å². The number of urea groups is 1. The van der Waals surface area contributed by atoms with Crippen LogP contribution in [0.3, 0.4) is 0 Å². The number of carbonyl (C=O) groups excluding carboxylic acids is 2. The van der Waals surface area contributed by atoms with Crippen molar-refractivity contribution >= 4 is 11.9 Å². The van der Waals surface area contributed by atoms with Crippen LogP contribution >= 0.6 is 0 Å². The summed E-state index contributed by atoms with van der Waals surface area (Å²) in [5, 5.41) is 8.93. The first-order chi connectivity index (χ1) is 7.51. The van der Waals surface area contributed by atoms with E-state index in [0.717, 1.165) is 19.6 Å². The van der Waals surface area contributed by atoms with E-state index < -0.39 is 5.54 Å². The monoisotopic (exact) mass is 226 g/mol. The van der Waals surface area contributed by atoms with Crippen molar-refractivity contribution in [3.05, 3.63) is 0 Å². The van der Waals surface area contributed by atoms with Crippen LogP contribution in [0.5, 0.6) is 0 Å². The summed E-state index contributed by atoms with van der Waals surface area (Å²) in [7, 11) is 0. The van der Waals surface area contributed by atoms with Crippen LogP contribution in [0.1, 0.15) is 13.8 Å². The van der Waals surface area contributed by atoms with Crippen molar-refractivity contribution in [3.8, 4) is 0 Å². The van der Waals surface area contributed by atoms with Crippen molar-refractivity contribution in [1.82, 2.24) is 20.9 Å². The summed E-state index contributed by atoms with van der Waals surface area (Å²) in [4.78, 5) is 24.8. The van der Waals surface area contributed by atoms with Gasteiger partial charge in [-0.15, -0.1) is 0 Å². The summed E-state index contributed by atoms with van der Waals surface area (Å²) in [5.74, 6) is -0.221. The van der Waals surface area contributed by atoms with Crippen molar-refractivity contribution in [2.45, 2.75) is 25.4 Å². The molecule has 2 saturated heterocycles. The first kappa shape index (κ1) is 11.3. The molecule has 3 N–H and O–H groups in total. The van der Waals surface area contributed by atoms with Gasteiger partial charge in [0.1, 0.15) is 5.54 Å². The van der Waals surface area contributed by atoms with E-state index in [1.807, 2.05) is 0 Å². The van der Waals surface area contributed by atoms with E-state index >= 15 is 0 Å².